The number of rotatable bonds is 6. The Bertz CT molecular complexity index is 179. The van der Waals surface area contributed by atoms with Crippen LogP contribution in [0.4, 0.5) is 0 Å². The van der Waals surface area contributed by atoms with Gasteiger partial charge in [0.15, 0.2) is 0 Å². The quantitative estimate of drug-likeness (QED) is 0.682. The summed E-state index contributed by atoms with van der Waals surface area (Å²) >= 11 is 0. The van der Waals surface area contributed by atoms with Gasteiger partial charge in [-0.3, -0.25) is 0 Å². The molecule has 0 heterocycles. The standard InChI is InChI=1S/C13H26N2/c1-3-5-10-15(4-2)13-9-7-6-8-12(13)11-14/h3,12-13H,1,4-11,14H2,2H3. The molecule has 0 aromatic rings. The highest BCUT2D eigenvalue weighted by Gasteiger charge is 2.27. The largest absolute Gasteiger partial charge is 0.330 e. The van der Waals surface area contributed by atoms with Crippen molar-refractivity contribution in [3.63, 3.8) is 0 Å². The zero-order chi connectivity index (χ0) is 11.1. The summed E-state index contributed by atoms with van der Waals surface area (Å²) in [5.41, 5.74) is 5.87. The van der Waals surface area contributed by atoms with Crippen LogP contribution in [0.15, 0.2) is 12.7 Å². The molecule has 0 amide bonds. The lowest BCUT2D eigenvalue weighted by Crippen LogP contribution is -2.45. The Morgan fingerprint density at radius 1 is 1.40 bits per heavy atom. The molecule has 2 unspecified atom stereocenters. The molecule has 0 spiro atoms. The van der Waals surface area contributed by atoms with E-state index in [2.05, 4.69) is 18.4 Å². The van der Waals surface area contributed by atoms with Crippen molar-refractivity contribution in [2.24, 2.45) is 11.7 Å². The Labute approximate surface area is 94.5 Å². The van der Waals surface area contributed by atoms with E-state index in [1.54, 1.807) is 0 Å². The van der Waals surface area contributed by atoms with Crippen LogP contribution in [0.25, 0.3) is 0 Å². The first-order valence-corrected chi connectivity index (χ1v) is 6.38. The van der Waals surface area contributed by atoms with Crippen molar-refractivity contribution in [2.75, 3.05) is 19.6 Å². The van der Waals surface area contributed by atoms with Crippen LogP contribution in [-0.2, 0) is 0 Å². The fraction of sp³-hybridized carbons (Fsp3) is 0.846. The minimum atomic E-state index is 0.725. The normalized spacial score (nSPS) is 26.9. The first-order valence-electron chi connectivity index (χ1n) is 6.38. The van der Waals surface area contributed by atoms with Gasteiger partial charge in [-0.15, -0.1) is 6.58 Å². The van der Waals surface area contributed by atoms with Gasteiger partial charge >= 0.3 is 0 Å². The zero-order valence-electron chi connectivity index (χ0n) is 10.1. The smallest absolute Gasteiger partial charge is 0.0136 e. The highest BCUT2D eigenvalue weighted by atomic mass is 15.2. The molecule has 1 rings (SSSR count). The van der Waals surface area contributed by atoms with Crippen LogP contribution in [0.5, 0.6) is 0 Å². The molecule has 0 aliphatic heterocycles. The van der Waals surface area contributed by atoms with Crippen molar-refractivity contribution in [1.82, 2.24) is 4.90 Å². The van der Waals surface area contributed by atoms with Gasteiger partial charge in [-0.05, 0) is 38.3 Å². The molecule has 1 aliphatic carbocycles. The van der Waals surface area contributed by atoms with Crippen molar-refractivity contribution >= 4 is 0 Å². The molecule has 2 atom stereocenters. The lowest BCUT2D eigenvalue weighted by Gasteiger charge is -2.39. The van der Waals surface area contributed by atoms with Gasteiger partial charge in [0, 0.05) is 12.6 Å². The maximum atomic E-state index is 5.87. The van der Waals surface area contributed by atoms with E-state index in [1.165, 1.54) is 25.7 Å². The van der Waals surface area contributed by atoms with E-state index < -0.39 is 0 Å². The van der Waals surface area contributed by atoms with Gasteiger partial charge in [0.25, 0.3) is 0 Å². The monoisotopic (exact) mass is 210 g/mol. The molecule has 2 nitrogen and oxygen atoms in total. The third-order valence-corrected chi connectivity index (χ3v) is 3.67. The van der Waals surface area contributed by atoms with E-state index >= 15 is 0 Å². The summed E-state index contributed by atoms with van der Waals surface area (Å²) in [7, 11) is 0. The van der Waals surface area contributed by atoms with E-state index in [-0.39, 0.29) is 0 Å². The van der Waals surface area contributed by atoms with E-state index in [0.29, 0.717) is 0 Å². The molecule has 0 aromatic heterocycles. The zero-order valence-corrected chi connectivity index (χ0v) is 10.1. The lowest BCUT2D eigenvalue weighted by molar-refractivity contribution is 0.114. The molecular formula is C13H26N2. The van der Waals surface area contributed by atoms with Crippen LogP contribution in [0.3, 0.4) is 0 Å². The van der Waals surface area contributed by atoms with Gasteiger partial charge in [0.1, 0.15) is 0 Å². The molecule has 2 N–H and O–H groups in total. The Kier molecular flexibility index (Phi) is 5.96. The van der Waals surface area contributed by atoms with E-state index in [0.717, 1.165) is 38.0 Å². The van der Waals surface area contributed by atoms with Crippen LogP contribution in [0.1, 0.15) is 39.0 Å². The maximum absolute atomic E-state index is 5.87. The predicted octanol–water partition coefficient (Wildman–Crippen LogP) is 2.40. The molecule has 1 saturated carbocycles. The van der Waals surface area contributed by atoms with Gasteiger partial charge in [0.2, 0.25) is 0 Å². The second-order valence-electron chi connectivity index (χ2n) is 4.55. The first kappa shape index (κ1) is 12.7. The number of nitrogens with two attached hydrogens (primary N) is 1. The second kappa shape index (κ2) is 7.02. The Balaban J connectivity index is 2.50. The third-order valence-electron chi connectivity index (χ3n) is 3.67. The molecular weight excluding hydrogens is 184 g/mol. The molecule has 15 heavy (non-hydrogen) atoms. The highest BCUT2D eigenvalue weighted by molar-refractivity contribution is 4.84. The summed E-state index contributed by atoms with van der Waals surface area (Å²) in [6, 6.07) is 0.730. The van der Waals surface area contributed by atoms with E-state index in [1.807, 2.05) is 6.08 Å². The van der Waals surface area contributed by atoms with Crippen LogP contribution in [0.2, 0.25) is 0 Å². The summed E-state index contributed by atoms with van der Waals surface area (Å²) in [6.07, 6.45) is 8.53. The van der Waals surface area contributed by atoms with Gasteiger partial charge in [-0.2, -0.15) is 0 Å². The molecule has 0 saturated heterocycles. The fourth-order valence-electron chi connectivity index (χ4n) is 2.76. The molecule has 1 fully saturated rings. The Morgan fingerprint density at radius 2 is 2.13 bits per heavy atom. The minimum absolute atomic E-state index is 0.725. The van der Waals surface area contributed by atoms with E-state index in [4.69, 9.17) is 5.73 Å². The van der Waals surface area contributed by atoms with Crippen LogP contribution < -0.4 is 5.73 Å². The third kappa shape index (κ3) is 3.62. The van der Waals surface area contributed by atoms with Gasteiger partial charge in [0.05, 0.1) is 0 Å². The summed E-state index contributed by atoms with van der Waals surface area (Å²) in [6.45, 7) is 9.21. The maximum Gasteiger partial charge on any atom is 0.0136 e. The van der Waals surface area contributed by atoms with Gasteiger partial charge in [-0.25, -0.2) is 0 Å². The van der Waals surface area contributed by atoms with Crippen LogP contribution in [0, 0.1) is 5.92 Å². The summed E-state index contributed by atoms with van der Waals surface area (Å²) in [5, 5.41) is 0. The van der Waals surface area contributed by atoms with Crippen molar-refractivity contribution in [3.8, 4) is 0 Å². The number of hydrogen-bond donors (Lipinski definition) is 1. The van der Waals surface area contributed by atoms with Gasteiger partial charge in [-0.1, -0.05) is 25.8 Å². The van der Waals surface area contributed by atoms with Crippen molar-refractivity contribution in [1.29, 1.82) is 0 Å². The molecule has 0 bridgehead atoms. The first-order chi connectivity index (χ1) is 7.33. The number of nitrogens with zero attached hydrogens (tertiary/aromatic N) is 1. The summed E-state index contributed by atoms with van der Waals surface area (Å²) < 4.78 is 0. The Hall–Kier alpha value is -0.340. The second-order valence-corrected chi connectivity index (χ2v) is 4.55. The molecule has 0 radical (unpaired) electrons. The Morgan fingerprint density at radius 3 is 2.73 bits per heavy atom. The average Bonchev–Trinajstić information content (AvgIpc) is 2.30. The van der Waals surface area contributed by atoms with Crippen molar-refractivity contribution in [2.45, 2.75) is 45.1 Å². The molecule has 88 valence electrons. The SMILES string of the molecule is C=CCCN(CC)C1CCCCC1CN. The fourth-order valence-corrected chi connectivity index (χ4v) is 2.76. The van der Waals surface area contributed by atoms with Crippen LogP contribution >= 0.6 is 0 Å². The van der Waals surface area contributed by atoms with Crippen molar-refractivity contribution in [3.05, 3.63) is 12.7 Å². The van der Waals surface area contributed by atoms with Crippen molar-refractivity contribution < 1.29 is 0 Å². The summed E-state index contributed by atoms with van der Waals surface area (Å²) in [4.78, 5) is 2.60. The highest BCUT2D eigenvalue weighted by Crippen LogP contribution is 2.27. The lowest BCUT2D eigenvalue weighted by atomic mass is 9.83. The van der Waals surface area contributed by atoms with E-state index in [9.17, 15) is 0 Å². The topological polar surface area (TPSA) is 29.3 Å². The minimum Gasteiger partial charge on any atom is -0.330 e. The number of hydrogen-bond acceptors (Lipinski definition) is 2. The predicted molar refractivity (Wildman–Crippen MR) is 66.9 cm³/mol. The molecule has 1 aliphatic rings. The average molecular weight is 210 g/mol. The molecule has 0 aromatic carbocycles. The molecule has 2 heteroatoms. The van der Waals surface area contributed by atoms with Crippen LogP contribution in [-0.4, -0.2) is 30.6 Å². The summed E-state index contributed by atoms with van der Waals surface area (Å²) in [5.74, 6) is 0.725. The van der Waals surface area contributed by atoms with Gasteiger partial charge < -0.3 is 10.6 Å².